The largest absolute Gasteiger partial charge is 0.433 e. The number of alkyl halides is 2. The van der Waals surface area contributed by atoms with Crippen molar-refractivity contribution in [3.8, 4) is 5.75 Å². The van der Waals surface area contributed by atoms with Crippen LogP contribution in [0.1, 0.15) is 12.8 Å². The van der Waals surface area contributed by atoms with E-state index in [2.05, 4.69) is 10.1 Å². The highest BCUT2D eigenvalue weighted by molar-refractivity contribution is 5.91. The summed E-state index contributed by atoms with van der Waals surface area (Å²) in [6, 6.07) is 1.93. The van der Waals surface area contributed by atoms with Gasteiger partial charge in [0.05, 0.1) is 23.3 Å². The second kappa shape index (κ2) is 7.18. The van der Waals surface area contributed by atoms with Crippen LogP contribution in [0, 0.1) is 10.1 Å². The van der Waals surface area contributed by atoms with E-state index >= 15 is 0 Å². The van der Waals surface area contributed by atoms with E-state index in [0.717, 1.165) is 18.2 Å². The van der Waals surface area contributed by atoms with Gasteiger partial charge in [-0.2, -0.15) is 8.78 Å². The van der Waals surface area contributed by atoms with Crippen LogP contribution < -0.4 is 10.1 Å². The van der Waals surface area contributed by atoms with Crippen molar-refractivity contribution in [2.24, 2.45) is 0 Å². The molecule has 1 aromatic rings. The Kier molecular flexibility index (Phi) is 5.27. The van der Waals surface area contributed by atoms with Crippen LogP contribution in [0.25, 0.3) is 0 Å². The minimum absolute atomic E-state index is 0.219. The molecule has 23 heavy (non-hydrogen) atoms. The SMILES string of the molecule is O=C(Nc1cc([N+](=O)[O-])ccc1OC(F)F)N1CCC[C@H]1CO. The molecule has 126 valence electrons. The number of rotatable bonds is 5. The third-order valence-corrected chi connectivity index (χ3v) is 3.48. The lowest BCUT2D eigenvalue weighted by molar-refractivity contribution is -0.384. The number of ether oxygens (including phenoxy) is 1. The number of benzene rings is 1. The van der Waals surface area contributed by atoms with Crippen molar-refractivity contribution in [3.63, 3.8) is 0 Å². The van der Waals surface area contributed by atoms with Crippen LogP contribution in [-0.4, -0.2) is 46.8 Å². The summed E-state index contributed by atoms with van der Waals surface area (Å²) in [5.74, 6) is -0.376. The maximum Gasteiger partial charge on any atom is 0.387 e. The van der Waals surface area contributed by atoms with E-state index in [-0.39, 0.29) is 29.8 Å². The van der Waals surface area contributed by atoms with E-state index < -0.39 is 17.6 Å². The normalized spacial score (nSPS) is 17.4. The Balaban J connectivity index is 2.23. The standard InChI is InChI=1S/C13H15F2N3O5/c14-12(15)23-11-4-3-8(18(21)22)6-10(11)16-13(20)17-5-1-2-9(17)7-19/h3-4,6,9,12,19H,1-2,5,7H2,(H,16,20)/t9-/m0/s1. The van der Waals surface area contributed by atoms with Gasteiger partial charge in [0.2, 0.25) is 0 Å². The van der Waals surface area contributed by atoms with E-state index in [1.165, 1.54) is 4.90 Å². The van der Waals surface area contributed by atoms with Gasteiger partial charge in [-0.25, -0.2) is 4.79 Å². The molecule has 1 saturated heterocycles. The Hall–Kier alpha value is -2.49. The van der Waals surface area contributed by atoms with Gasteiger partial charge in [-0.3, -0.25) is 10.1 Å². The Morgan fingerprint density at radius 3 is 2.91 bits per heavy atom. The molecule has 1 fully saturated rings. The third kappa shape index (κ3) is 4.03. The summed E-state index contributed by atoms with van der Waals surface area (Å²) in [5.41, 5.74) is -0.602. The first-order valence-corrected chi connectivity index (χ1v) is 6.84. The maximum atomic E-state index is 12.4. The molecule has 0 bridgehead atoms. The van der Waals surface area contributed by atoms with Crippen molar-refractivity contribution in [3.05, 3.63) is 28.3 Å². The van der Waals surface area contributed by atoms with Crippen LogP contribution in [0.2, 0.25) is 0 Å². The molecular weight excluding hydrogens is 316 g/mol. The van der Waals surface area contributed by atoms with Gasteiger partial charge in [-0.15, -0.1) is 0 Å². The summed E-state index contributed by atoms with van der Waals surface area (Å²) < 4.78 is 29.1. The molecular formula is C13H15F2N3O5. The fraction of sp³-hybridized carbons (Fsp3) is 0.462. The summed E-state index contributed by atoms with van der Waals surface area (Å²) in [6.07, 6.45) is 1.33. The number of non-ortho nitro benzene ring substituents is 1. The number of urea groups is 1. The summed E-state index contributed by atoms with van der Waals surface area (Å²) in [4.78, 5) is 23.6. The second-order valence-electron chi connectivity index (χ2n) is 4.92. The van der Waals surface area contributed by atoms with Crippen molar-refractivity contribution in [2.45, 2.75) is 25.5 Å². The molecule has 0 aromatic heterocycles. The predicted molar refractivity (Wildman–Crippen MR) is 75.6 cm³/mol. The molecule has 8 nitrogen and oxygen atoms in total. The Morgan fingerprint density at radius 1 is 1.57 bits per heavy atom. The third-order valence-electron chi connectivity index (χ3n) is 3.48. The number of anilines is 1. The zero-order valence-electron chi connectivity index (χ0n) is 11.9. The van der Waals surface area contributed by atoms with E-state index in [9.17, 15) is 28.8 Å². The van der Waals surface area contributed by atoms with E-state index in [4.69, 9.17) is 0 Å². The molecule has 0 aliphatic carbocycles. The molecule has 2 N–H and O–H groups in total. The van der Waals surface area contributed by atoms with Gasteiger partial charge >= 0.3 is 12.6 Å². The molecule has 0 unspecified atom stereocenters. The number of amides is 2. The highest BCUT2D eigenvalue weighted by Gasteiger charge is 2.29. The molecule has 0 saturated carbocycles. The summed E-state index contributed by atoms with van der Waals surface area (Å²) in [5, 5.41) is 22.3. The predicted octanol–water partition coefficient (Wildman–Crippen LogP) is 2.18. The lowest BCUT2D eigenvalue weighted by atomic mass is 10.2. The highest BCUT2D eigenvalue weighted by Crippen LogP contribution is 2.31. The Morgan fingerprint density at radius 2 is 2.30 bits per heavy atom. The average molecular weight is 331 g/mol. The number of aliphatic hydroxyl groups excluding tert-OH is 1. The van der Waals surface area contributed by atoms with Gasteiger partial charge in [-0.05, 0) is 18.9 Å². The van der Waals surface area contributed by atoms with Crippen LogP contribution in [0.5, 0.6) is 5.75 Å². The van der Waals surface area contributed by atoms with Crippen molar-refractivity contribution in [1.82, 2.24) is 4.90 Å². The molecule has 10 heteroatoms. The minimum atomic E-state index is -3.14. The molecule has 0 radical (unpaired) electrons. The average Bonchev–Trinajstić information content (AvgIpc) is 2.96. The van der Waals surface area contributed by atoms with Gasteiger partial charge in [0.15, 0.2) is 0 Å². The number of nitrogens with zero attached hydrogens (tertiary/aromatic N) is 2. The van der Waals surface area contributed by atoms with Crippen LogP contribution in [0.15, 0.2) is 18.2 Å². The minimum Gasteiger partial charge on any atom is -0.433 e. The quantitative estimate of drug-likeness (QED) is 0.635. The van der Waals surface area contributed by atoms with Crippen molar-refractivity contribution >= 4 is 17.4 Å². The molecule has 1 aromatic carbocycles. The van der Waals surface area contributed by atoms with Crippen LogP contribution in [-0.2, 0) is 0 Å². The fourth-order valence-electron chi connectivity index (χ4n) is 2.41. The van der Waals surface area contributed by atoms with Gasteiger partial charge in [0.1, 0.15) is 5.75 Å². The molecule has 1 aliphatic heterocycles. The number of nitro groups is 1. The zero-order valence-corrected chi connectivity index (χ0v) is 11.9. The molecule has 1 heterocycles. The molecule has 0 spiro atoms. The van der Waals surface area contributed by atoms with E-state index in [1.807, 2.05) is 0 Å². The molecule has 2 rings (SSSR count). The topological polar surface area (TPSA) is 105 Å². The number of hydrogen-bond acceptors (Lipinski definition) is 5. The van der Waals surface area contributed by atoms with Gasteiger partial charge in [-0.1, -0.05) is 0 Å². The molecule has 1 atom stereocenters. The highest BCUT2D eigenvalue weighted by atomic mass is 19.3. The first-order chi connectivity index (χ1) is 10.9. The second-order valence-corrected chi connectivity index (χ2v) is 4.92. The Labute approximate surface area is 129 Å². The van der Waals surface area contributed by atoms with Crippen molar-refractivity contribution in [2.75, 3.05) is 18.5 Å². The van der Waals surface area contributed by atoms with E-state index in [0.29, 0.717) is 19.4 Å². The number of likely N-dealkylation sites (tertiary alicyclic amines) is 1. The number of aliphatic hydroxyl groups is 1. The first kappa shape index (κ1) is 16.9. The lowest BCUT2D eigenvalue weighted by Gasteiger charge is -2.23. The first-order valence-electron chi connectivity index (χ1n) is 6.84. The van der Waals surface area contributed by atoms with Crippen LogP contribution >= 0.6 is 0 Å². The molecule has 2 amide bonds. The van der Waals surface area contributed by atoms with E-state index in [1.54, 1.807) is 0 Å². The van der Waals surface area contributed by atoms with Gasteiger partial charge < -0.3 is 20.1 Å². The Bertz CT molecular complexity index is 599. The van der Waals surface area contributed by atoms with Crippen LogP contribution in [0.4, 0.5) is 25.0 Å². The summed E-state index contributed by atoms with van der Waals surface area (Å²) in [7, 11) is 0. The number of halogens is 2. The number of nitro benzene ring substituents is 1. The molecule has 1 aliphatic rings. The number of hydrogen-bond donors (Lipinski definition) is 2. The number of nitrogens with one attached hydrogen (secondary N) is 1. The summed E-state index contributed by atoms with van der Waals surface area (Å²) in [6.45, 7) is -2.95. The van der Waals surface area contributed by atoms with Gasteiger partial charge in [0, 0.05) is 18.7 Å². The zero-order chi connectivity index (χ0) is 17.0. The number of carbonyl (C=O) groups is 1. The number of carbonyl (C=O) groups excluding carboxylic acids is 1. The van der Waals surface area contributed by atoms with Gasteiger partial charge in [0.25, 0.3) is 5.69 Å². The monoisotopic (exact) mass is 331 g/mol. The van der Waals surface area contributed by atoms with Crippen molar-refractivity contribution < 1.29 is 28.3 Å². The maximum absolute atomic E-state index is 12.4. The van der Waals surface area contributed by atoms with Crippen LogP contribution in [0.3, 0.4) is 0 Å². The summed E-state index contributed by atoms with van der Waals surface area (Å²) >= 11 is 0. The lowest BCUT2D eigenvalue weighted by Crippen LogP contribution is -2.40. The van der Waals surface area contributed by atoms with Crippen molar-refractivity contribution in [1.29, 1.82) is 0 Å². The smallest absolute Gasteiger partial charge is 0.387 e. The fourth-order valence-corrected chi connectivity index (χ4v) is 2.41.